The van der Waals surface area contributed by atoms with Gasteiger partial charge in [0.2, 0.25) is 5.91 Å². The molecule has 1 aliphatic heterocycles. The lowest BCUT2D eigenvalue weighted by Gasteiger charge is -2.25. The number of halogens is 1. The molecule has 1 aliphatic carbocycles. The third kappa shape index (κ3) is 2.31. The van der Waals surface area contributed by atoms with Crippen molar-refractivity contribution in [2.45, 2.75) is 44.1 Å². The number of amides is 1. The van der Waals surface area contributed by atoms with Crippen LogP contribution in [0.1, 0.15) is 55.2 Å². The van der Waals surface area contributed by atoms with E-state index in [1.54, 1.807) is 0 Å². The van der Waals surface area contributed by atoms with Crippen molar-refractivity contribution in [1.82, 2.24) is 9.78 Å². The Bertz CT molecular complexity index is 718. The summed E-state index contributed by atoms with van der Waals surface area (Å²) in [7, 11) is 0. The molecule has 114 valence electrons. The molecule has 22 heavy (non-hydrogen) atoms. The Kier molecular flexibility index (Phi) is 3.41. The summed E-state index contributed by atoms with van der Waals surface area (Å²) in [5, 5.41) is 8.31. The van der Waals surface area contributed by atoms with E-state index < -0.39 is 0 Å². The Labute approximate surface area is 134 Å². The van der Waals surface area contributed by atoms with Crippen LogP contribution < -0.4 is 5.32 Å². The Morgan fingerprint density at radius 2 is 2.09 bits per heavy atom. The number of nitrogens with zero attached hydrogens (tertiary/aromatic N) is 2. The zero-order chi connectivity index (χ0) is 15.1. The lowest BCUT2D eigenvalue weighted by molar-refractivity contribution is -0.116. The monoisotopic (exact) mass is 315 g/mol. The van der Waals surface area contributed by atoms with Crippen LogP contribution in [0.15, 0.2) is 30.5 Å². The Morgan fingerprint density at radius 1 is 1.27 bits per heavy atom. The number of carbonyl (C=O) groups excluding carboxylic acids is 1. The van der Waals surface area contributed by atoms with E-state index in [1.807, 2.05) is 35.1 Å². The number of rotatable bonds is 2. The van der Waals surface area contributed by atoms with Crippen LogP contribution in [0.25, 0.3) is 0 Å². The van der Waals surface area contributed by atoms with Gasteiger partial charge in [-0.25, -0.2) is 4.68 Å². The minimum atomic E-state index is 0.0394. The van der Waals surface area contributed by atoms with E-state index in [2.05, 4.69) is 10.4 Å². The smallest absolute Gasteiger partial charge is 0.226 e. The predicted octanol–water partition coefficient (Wildman–Crippen LogP) is 4.13. The average molecular weight is 316 g/mol. The highest BCUT2D eigenvalue weighted by Gasteiger charge is 2.32. The number of nitrogens with one attached hydrogen (secondary N) is 1. The molecule has 1 atom stereocenters. The third-order valence-electron chi connectivity index (χ3n) is 4.77. The number of carbonyl (C=O) groups is 1. The highest BCUT2D eigenvalue weighted by Crippen LogP contribution is 2.40. The van der Waals surface area contributed by atoms with Gasteiger partial charge in [-0.05, 0) is 30.5 Å². The minimum Gasteiger partial charge on any atom is -0.311 e. The van der Waals surface area contributed by atoms with Crippen molar-refractivity contribution < 1.29 is 4.79 Å². The molecule has 2 aromatic rings. The Balaban J connectivity index is 1.76. The van der Waals surface area contributed by atoms with Crippen LogP contribution in [0.5, 0.6) is 0 Å². The van der Waals surface area contributed by atoms with E-state index >= 15 is 0 Å². The van der Waals surface area contributed by atoms with Crippen LogP contribution >= 0.6 is 11.6 Å². The molecule has 0 radical (unpaired) electrons. The first kappa shape index (κ1) is 13.8. The van der Waals surface area contributed by atoms with Crippen molar-refractivity contribution in [3.63, 3.8) is 0 Å². The van der Waals surface area contributed by atoms with Crippen molar-refractivity contribution in [1.29, 1.82) is 0 Å². The second-order valence-corrected chi connectivity index (χ2v) is 6.63. The Hall–Kier alpha value is -1.81. The van der Waals surface area contributed by atoms with Crippen LogP contribution in [-0.2, 0) is 4.79 Å². The van der Waals surface area contributed by atoms with Gasteiger partial charge in [-0.15, -0.1) is 0 Å². The van der Waals surface area contributed by atoms with E-state index in [1.165, 1.54) is 12.8 Å². The van der Waals surface area contributed by atoms with Gasteiger partial charge < -0.3 is 5.32 Å². The Morgan fingerprint density at radius 3 is 2.86 bits per heavy atom. The van der Waals surface area contributed by atoms with Gasteiger partial charge in [-0.1, -0.05) is 36.6 Å². The topological polar surface area (TPSA) is 46.9 Å². The van der Waals surface area contributed by atoms with Gasteiger partial charge in [0, 0.05) is 22.9 Å². The standard InChI is InChI=1S/C17H18ClN3O/c18-12-5-3-4-11(8-12)14-9-16(22)20-17-15(14)10-19-21(17)13-6-1-2-7-13/h3-5,8,10,13-14H,1-2,6-7,9H2,(H,20,22). The molecule has 1 unspecified atom stereocenters. The molecule has 1 N–H and O–H groups in total. The van der Waals surface area contributed by atoms with E-state index in [0.717, 1.165) is 29.8 Å². The van der Waals surface area contributed by atoms with Gasteiger partial charge in [-0.3, -0.25) is 4.79 Å². The molecule has 1 aromatic carbocycles. The maximum atomic E-state index is 12.2. The number of anilines is 1. The SMILES string of the molecule is O=C1CC(c2cccc(Cl)c2)c2cnn(C3CCCC3)c2N1. The minimum absolute atomic E-state index is 0.0394. The second kappa shape index (κ2) is 5.43. The highest BCUT2D eigenvalue weighted by atomic mass is 35.5. The summed E-state index contributed by atoms with van der Waals surface area (Å²) in [5.74, 6) is 0.975. The summed E-state index contributed by atoms with van der Waals surface area (Å²) in [6.07, 6.45) is 7.13. The summed E-state index contributed by atoms with van der Waals surface area (Å²) in [6, 6.07) is 8.19. The summed E-state index contributed by atoms with van der Waals surface area (Å²) >= 11 is 6.11. The summed E-state index contributed by atoms with van der Waals surface area (Å²) < 4.78 is 2.02. The fourth-order valence-corrected chi connectivity index (χ4v) is 3.88. The molecule has 1 saturated carbocycles. The normalized spacial score (nSPS) is 21.7. The molecular formula is C17H18ClN3O. The fourth-order valence-electron chi connectivity index (χ4n) is 3.68. The van der Waals surface area contributed by atoms with Crippen LogP contribution in [0.2, 0.25) is 5.02 Å². The molecular weight excluding hydrogens is 298 g/mol. The van der Waals surface area contributed by atoms with Gasteiger partial charge in [0.25, 0.3) is 0 Å². The summed E-state index contributed by atoms with van der Waals surface area (Å²) in [5.41, 5.74) is 2.18. The summed E-state index contributed by atoms with van der Waals surface area (Å²) in [4.78, 5) is 12.2. The van der Waals surface area contributed by atoms with Crippen LogP contribution in [0, 0.1) is 0 Å². The maximum absolute atomic E-state index is 12.2. The highest BCUT2D eigenvalue weighted by molar-refractivity contribution is 6.30. The van der Waals surface area contributed by atoms with Gasteiger partial charge >= 0.3 is 0 Å². The molecule has 5 heteroatoms. The number of hydrogen-bond acceptors (Lipinski definition) is 2. The van der Waals surface area contributed by atoms with Gasteiger partial charge in [-0.2, -0.15) is 5.10 Å². The quantitative estimate of drug-likeness (QED) is 0.906. The zero-order valence-electron chi connectivity index (χ0n) is 12.3. The molecule has 4 rings (SSSR count). The molecule has 0 bridgehead atoms. The average Bonchev–Trinajstić information content (AvgIpc) is 3.14. The van der Waals surface area contributed by atoms with E-state index in [4.69, 9.17) is 11.6 Å². The maximum Gasteiger partial charge on any atom is 0.226 e. The van der Waals surface area contributed by atoms with Gasteiger partial charge in [0.15, 0.2) is 0 Å². The number of aromatic nitrogens is 2. The molecule has 4 nitrogen and oxygen atoms in total. The van der Waals surface area contributed by atoms with Crippen molar-refractivity contribution in [3.05, 3.63) is 46.6 Å². The first-order valence-corrected chi connectivity index (χ1v) is 8.23. The van der Waals surface area contributed by atoms with Crippen molar-refractivity contribution >= 4 is 23.3 Å². The number of hydrogen-bond donors (Lipinski definition) is 1. The van der Waals surface area contributed by atoms with Crippen LogP contribution in [0.3, 0.4) is 0 Å². The number of benzene rings is 1. The molecule has 1 fully saturated rings. The van der Waals surface area contributed by atoms with Gasteiger partial charge in [0.05, 0.1) is 12.2 Å². The van der Waals surface area contributed by atoms with Gasteiger partial charge in [0.1, 0.15) is 5.82 Å². The molecule has 2 aliphatic rings. The van der Waals surface area contributed by atoms with Crippen molar-refractivity contribution in [3.8, 4) is 0 Å². The zero-order valence-corrected chi connectivity index (χ0v) is 13.0. The van der Waals surface area contributed by atoms with E-state index in [-0.39, 0.29) is 11.8 Å². The molecule has 0 saturated heterocycles. The van der Waals surface area contributed by atoms with Crippen molar-refractivity contribution in [2.24, 2.45) is 0 Å². The van der Waals surface area contributed by atoms with Crippen LogP contribution in [-0.4, -0.2) is 15.7 Å². The van der Waals surface area contributed by atoms with Crippen molar-refractivity contribution in [2.75, 3.05) is 5.32 Å². The van der Waals surface area contributed by atoms with E-state index in [9.17, 15) is 4.79 Å². The molecule has 0 spiro atoms. The lowest BCUT2D eigenvalue weighted by atomic mass is 9.87. The third-order valence-corrected chi connectivity index (χ3v) is 5.00. The molecule has 1 amide bonds. The fraction of sp³-hybridized carbons (Fsp3) is 0.412. The predicted molar refractivity (Wildman–Crippen MR) is 86.3 cm³/mol. The largest absolute Gasteiger partial charge is 0.311 e. The lowest BCUT2D eigenvalue weighted by Crippen LogP contribution is -2.25. The van der Waals surface area contributed by atoms with Crippen LogP contribution in [0.4, 0.5) is 5.82 Å². The molecule has 1 aromatic heterocycles. The first-order chi connectivity index (χ1) is 10.7. The second-order valence-electron chi connectivity index (χ2n) is 6.19. The first-order valence-electron chi connectivity index (χ1n) is 7.85. The molecule has 2 heterocycles. The summed E-state index contributed by atoms with van der Waals surface area (Å²) in [6.45, 7) is 0. The van der Waals surface area contributed by atoms with E-state index in [0.29, 0.717) is 17.5 Å². The number of fused-ring (bicyclic) bond motifs is 1.